The Bertz CT molecular complexity index is 428. The van der Waals surface area contributed by atoms with Gasteiger partial charge in [0.2, 0.25) is 0 Å². The number of piperidine rings is 1. The van der Waals surface area contributed by atoms with Crippen LogP contribution >= 0.6 is 0 Å². The maximum atomic E-state index is 12.4. The summed E-state index contributed by atoms with van der Waals surface area (Å²) in [7, 11) is 0. The molecule has 19 heavy (non-hydrogen) atoms. The average molecular weight is 259 g/mol. The van der Waals surface area contributed by atoms with Gasteiger partial charge < -0.3 is 4.90 Å². The van der Waals surface area contributed by atoms with Crippen molar-refractivity contribution in [2.75, 3.05) is 26.2 Å². The molecular formula is C15H21N3O. The van der Waals surface area contributed by atoms with Crippen molar-refractivity contribution < 1.29 is 4.79 Å². The lowest BCUT2D eigenvalue weighted by atomic mass is 10.0. The van der Waals surface area contributed by atoms with Crippen molar-refractivity contribution in [1.82, 2.24) is 14.8 Å². The third-order valence-corrected chi connectivity index (χ3v) is 4.22. The van der Waals surface area contributed by atoms with E-state index in [1.54, 1.807) is 6.20 Å². The van der Waals surface area contributed by atoms with Crippen LogP contribution < -0.4 is 0 Å². The Labute approximate surface area is 114 Å². The zero-order valence-corrected chi connectivity index (χ0v) is 11.3. The summed E-state index contributed by atoms with van der Waals surface area (Å²) in [6.07, 6.45) is 6.65. The van der Waals surface area contributed by atoms with E-state index in [-0.39, 0.29) is 5.91 Å². The number of rotatable bonds is 2. The Hall–Kier alpha value is -1.42. The zero-order chi connectivity index (χ0) is 13.1. The number of nitrogens with zero attached hydrogens (tertiary/aromatic N) is 3. The summed E-state index contributed by atoms with van der Waals surface area (Å²) in [5.74, 6) is 0.0875. The minimum atomic E-state index is 0.0875. The number of pyridine rings is 1. The number of amides is 1. The van der Waals surface area contributed by atoms with Crippen molar-refractivity contribution in [3.63, 3.8) is 0 Å². The van der Waals surface area contributed by atoms with Gasteiger partial charge in [-0.25, -0.2) is 0 Å². The Morgan fingerprint density at radius 2 is 2.00 bits per heavy atom. The molecule has 2 saturated heterocycles. The molecule has 4 heteroatoms. The van der Waals surface area contributed by atoms with Crippen LogP contribution in [-0.2, 0) is 0 Å². The van der Waals surface area contributed by atoms with E-state index in [0.717, 1.165) is 19.5 Å². The number of carbonyl (C=O) groups excluding carboxylic acids is 1. The minimum Gasteiger partial charge on any atom is -0.336 e. The monoisotopic (exact) mass is 259 g/mol. The molecule has 1 aromatic rings. The van der Waals surface area contributed by atoms with Crippen molar-refractivity contribution in [3.8, 4) is 0 Å². The van der Waals surface area contributed by atoms with Crippen molar-refractivity contribution in [2.45, 2.75) is 31.7 Å². The van der Waals surface area contributed by atoms with Gasteiger partial charge in [0.25, 0.3) is 5.91 Å². The van der Waals surface area contributed by atoms with Crippen molar-refractivity contribution in [2.24, 2.45) is 0 Å². The van der Waals surface area contributed by atoms with Crippen LogP contribution in [0.4, 0.5) is 0 Å². The lowest BCUT2D eigenvalue weighted by molar-refractivity contribution is 0.0602. The number of hydrogen-bond acceptors (Lipinski definition) is 3. The highest BCUT2D eigenvalue weighted by atomic mass is 16.2. The van der Waals surface area contributed by atoms with E-state index in [4.69, 9.17) is 0 Å². The normalized spacial score (nSPS) is 24.6. The van der Waals surface area contributed by atoms with Gasteiger partial charge in [0.05, 0.1) is 0 Å². The lowest BCUT2D eigenvalue weighted by Gasteiger charge is -2.37. The smallest absolute Gasteiger partial charge is 0.272 e. The highest BCUT2D eigenvalue weighted by Crippen LogP contribution is 2.21. The van der Waals surface area contributed by atoms with Gasteiger partial charge in [-0.3, -0.25) is 14.7 Å². The summed E-state index contributed by atoms with van der Waals surface area (Å²) in [4.78, 5) is 21.1. The molecule has 4 nitrogen and oxygen atoms in total. The molecule has 1 amide bonds. The summed E-state index contributed by atoms with van der Waals surface area (Å²) in [6.45, 7) is 4.15. The highest BCUT2D eigenvalue weighted by molar-refractivity contribution is 5.92. The third kappa shape index (κ3) is 2.78. The van der Waals surface area contributed by atoms with Gasteiger partial charge in [-0.05, 0) is 50.9 Å². The number of carbonyl (C=O) groups is 1. The molecule has 3 rings (SSSR count). The van der Waals surface area contributed by atoms with Crippen LogP contribution in [0.5, 0.6) is 0 Å². The molecule has 0 aromatic carbocycles. The van der Waals surface area contributed by atoms with E-state index in [9.17, 15) is 4.79 Å². The van der Waals surface area contributed by atoms with Crippen LogP contribution in [-0.4, -0.2) is 52.9 Å². The molecule has 2 aliphatic rings. The quantitative estimate of drug-likeness (QED) is 0.812. The van der Waals surface area contributed by atoms with Crippen LogP contribution in [0.2, 0.25) is 0 Å². The predicted octanol–water partition coefficient (Wildman–Crippen LogP) is 1.78. The van der Waals surface area contributed by atoms with E-state index in [1.165, 1.54) is 32.4 Å². The van der Waals surface area contributed by atoms with Gasteiger partial charge in [-0.15, -0.1) is 0 Å². The largest absolute Gasteiger partial charge is 0.336 e. The molecule has 1 atom stereocenters. The Balaban J connectivity index is 1.66. The molecule has 0 radical (unpaired) electrons. The summed E-state index contributed by atoms with van der Waals surface area (Å²) in [5, 5.41) is 0. The van der Waals surface area contributed by atoms with E-state index in [0.29, 0.717) is 11.7 Å². The summed E-state index contributed by atoms with van der Waals surface area (Å²) >= 11 is 0. The van der Waals surface area contributed by atoms with Gasteiger partial charge >= 0.3 is 0 Å². The van der Waals surface area contributed by atoms with Crippen LogP contribution in [0, 0.1) is 0 Å². The van der Waals surface area contributed by atoms with Crippen LogP contribution in [0.3, 0.4) is 0 Å². The fourth-order valence-corrected chi connectivity index (χ4v) is 3.20. The third-order valence-electron chi connectivity index (χ3n) is 4.22. The molecule has 0 spiro atoms. The SMILES string of the molecule is O=C(c1ccccn1)N1CCCC(N2CCCC2)C1. The van der Waals surface area contributed by atoms with Gasteiger partial charge in [0.1, 0.15) is 5.69 Å². The first-order valence-corrected chi connectivity index (χ1v) is 7.29. The predicted molar refractivity (Wildman–Crippen MR) is 74.0 cm³/mol. The maximum absolute atomic E-state index is 12.4. The van der Waals surface area contributed by atoms with Crippen molar-refractivity contribution in [1.29, 1.82) is 0 Å². The van der Waals surface area contributed by atoms with Crippen LogP contribution in [0.1, 0.15) is 36.2 Å². The first-order valence-electron chi connectivity index (χ1n) is 7.29. The summed E-state index contributed by atoms with van der Waals surface area (Å²) in [5.41, 5.74) is 0.574. The molecule has 3 heterocycles. The molecule has 102 valence electrons. The summed E-state index contributed by atoms with van der Waals surface area (Å²) < 4.78 is 0. The molecule has 2 fully saturated rings. The Morgan fingerprint density at radius 3 is 2.74 bits per heavy atom. The second kappa shape index (κ2) is 5.70. The lowest BCUT2D eigenvalue weighted by Crippen LogP contribution is -2.49. The molecule has 2 aliphatic heterocycles. The van der Waals surface area contributed by atoms with E-state index >= 15 is 0 Å². The highest BCUT2D eigenvalue weighted by Gasteiger charge is 2.29. The molecule has 0 bridgehead atoms. The van der Waals surface area contributed by atoms with E-state index < -0.39 is 0 Å². The van der Waals surface area contributed by atoms with Crippen molar-refractivity contribution >= 4 is 5.91 Å². The van der Waals surface area contributed by atoms with Gasteiger partial charge in [0, 0.05) is 25.3 Å². The first-order chi connectivity index (χ1) is 9.34. The van der Waals surface area contributed by atoms with Crippen molar-refractivity contribution in [3.05, 3.63) is 30.1 Å². The molecule has 0 N–H and O–H groups in total. The van der Waals surface area contributed by atoms with Gasteiger partial charge in [-0.2, -0.15) is 0 Å². The average Bonchev–Trinajstić information content (AvgIpc) is 3.02. The second-order valence-electron chi connectivity index (χ2n) is 5.51. The zero-order valence-electron chi connectivity index (χ0n) is 11.3. The maximum Gasteiger partial charge on any atom is 0.272 e. The summed E-state index contributed by atoms with van der Waals surface area (Å²) in [6, 6.07) is 6.09. The van der Waals surface area contributed by atoms with Crippen LogP contribution in [0.15, 0.2) is 24.4 Å². The topological polar surface area (TPSA) is 36.4 Å². The van der Waals surface area contributed by atoms with E-state index in [1.807, 2.05) is 23.1 Å². The molecular weight excluding hydrogens is 238 g/mol. The number of hydrogen-bond donors (Lipinski definition) is 0. The Kier molecular flexibility index (Phi) is 3.78. The fourth-order valence-electron chi connectivity index (χ4n) is 3.20. The first kappa shape index (κ1) is 12.6. The van der Waals surface area contributed by atoms with Gasteiger partial charge in [0.15, 0.2) is 0 Å². The second-order valence-corrected chi connectivity index (χ2v) is 5.51. The molecule has 0 saturated carbocycles. The number of aromatic nitrogens is 1. The van der Waals surface area contributed by atoms with Gasteiger partial charge in [-0.1, -0.05) is 6.07 Å². The number of likely N-dealkylation sites (tertiary alicyclic amines) is 2. The Morgan fingerprint density at radius 1 is 1.16 bits per heavy atom. The molecule has 1 aromatic heterocycles. The molecule has 0 aliphatic carbocycles. The van der Waals surface area contributed by atoms with E-state index in [2.05, 4.69) is 9.88 Å². The fraction of sp³-hybridized carbons (Fsp3) is 0.600. The minimum absolute atomic E-state index is 0.0875. The van der Waals surface area contributed by atoms with Crippen LogP contribution in [0.25, 0.3) is 0 Å². The standard InChI is InChI=1S/C15H21N3O/c19-15(14-7-1-2-8-16-14)18-11-5-6-13(12-18)17-9-3-4-10-17/h1-2,7-8,13H,3-6,9-12H2. The molecule has 1 unspecified atom stereocenters.